The van der Waals surface area contributed by atoms with Gasteiger partial charge in [0.05, 0.1) is 16.3 Å². The van der Waals surface area contributed by atoms with Gasteiger partial charge in [-0.05, 0) is 25.0 Å². The van der Waals surface area contributed by atoms with Crippen molar-refractivity contribution in [1.82, 2.24) is 0 Å². The predicted molar refractivity (Wildman–Crippen MR) is 66.9 cm³/mol. The molecule has 0 saturated carbocycles. The summed E-state index contributed by atoms with van der Waals surface area (Å²) in [5.41, 5.74) is 5.82. The molecule has 0 bridgehead atoms. The van der Waals surface area contributed by atoms with Crippen LogP contribution < -0.4 is 10.6 Å². The van der Waals surface area contributed by atoms with Crippen molar-refractivity contribution in [3.8, 4) is 0 Å². The standard InChI is InChI=1S/C12H17ClN2O/c13-10-4-1-2-5-11(10)15-7-3-6-12(16,8-14)9-15/h1-2,4-5,16H,3,6-9,14H2. The van der Waals surface area contributed by atoms with Gasteiger partial charge in [-0.1, -0.05) is 23.7 Å². The van der Waals surface area contributed by atoms with Crippen LogP contribution in [-0.2, 0) is 0 Å². The first-order chi connectivity index (χ1) is 7.64. The zero-order valence-electron chi connectivity index (χ0n) is 9.19. The molecule has 2 rings (SSSR count). The van der Waals surface area contributed by atoms with Crippen molar-refractivity contribution in [2.45, 2.75) is 18.4 Å². The lowest BCUT2D eigenvalue weighted by atomic mass is 9.92. The Morgan fingerprint density at radius 3 is 2.88 bits per heavy atom. The van der Waals surface area contributed by atoms with Gasteiger partial charge in [0.15, 0.2) is 0 Å². The summed E-state index contributed by atoms with van der Waals surface area (Å²) < 4.78 is 0. The first-order valence-corrected chi connectivity index (χ1v) is 5.94. The van der Waals surface area contributed by atoms with E-state index in [0.717, 1.165) is 30.1 Å². The number of hydrogen-bond acceptors (Lipinski definition) is 3. The second-order valence-corrected chi connectivity index (χ2v) is 4.81. The largest absolute Gasteiger partial charge is 0.387 e. The molecule has 1 aliphatic heterocycles. The maximum Gasteiger partial charge on any atom is 0.0943 e. The Morgan fingerprint density at radius 1 is 1.44 bits per heavy atom. The molecule has 1 atom stereocenters. The van der Waals surface area contributed by atoms with Gasteiger partial charge in [0, 0.05) is 19.6 Å². The highest BCUT2D eigenvalue weighted by Gasteiger charge is 2.32. The van der Waals surface area contributed by atoms with Crippen LogP contribution in [0, 0.1) is 0 Å². The number of rotatable bonds is 2. The Labute approximate surface area is 101 Å². The summed E-state index contributed by atoms with van der Waals surface area (Å²) in [6, 6.07) is 7.71. The Morgan fingerprint density at radius 2 is 2.19 bits per heavy atom. The molecule has 3 N–H and O–H groups in total. The number of halogens is 1. The van der Waals surface area contributed by atoms with Gasteiger partial charge in [0.2, 0.25) is 0 Å². The van der Waals surface area contributed by atoms with Crippen LogP contribution in [0.4, 0.5) is 5.69 Å². The van der Waals surface area contributed by atoms with E-state index in [1.54, 1.807) is 0 Å². The summed E-state index contributed by atoms with van der Waals surface area (Å²) in [7, 11) is 0. The van der Waals surface area contributed by atoms with E-state index in [4.69, 9.17) is 17.3 Å². The molecule has 16 heavy (non-hydrogen) atoms. The minimum atomic E-state index is -0.766. The quantitative estimate of drug-likeness (QED) is 0.826. The Bertz CT molecular complexity index is 372. The summed E-state index contributed by atoms with van der Waals surface area (Å²) in [6.07, 6.45) is 1.71. The third kappa shape index (κ3) is 2.32. The average molecular weight is 241 g/mol. The maximum atomic E-state index is 10.2. The molecule has 1 saturated heterocycles. The highest BCUT2D eigenvalue weighted by atomic mass is 35.5. The molecule has 1 unspecified atom stereocenters. The Kier molecular flexibility index (Phi) is 3.38. The van der Waals surface area contributed by atoms with Crippen LogP contribution in [0.5, 0.6) is 0 Å². The fourth-order valence-electron chi connectivity index (χ4n) is 2.19. The molecule has 0 amide bonds. The Balaban J connectivity index is 2.19. The molecule has 0 aliphatic carbocycles. The number of benzene rings is 1. The minimum Gasteiger partial charge on any atom is -0.387 e. The molecule has 1 fully saturated rings. The molecule has 1 aromatic carbocycles. The summed E-state index contributed by atoms with van der Waals surface area (Å²) in [5.74, 6) is 0. The number of nitrogens with two attached hydrogens (primary N) is 1. The highest BCUT2D eigenvalue weighted by molar-refractivity contribution is 6.33. The van der Waals surface area contributed by atoms with Gasteiger partial charge in [-0.3, -0.25) is 0 Å². The number of anilines is 1. The molecular weight excluding hydrogens is 224 g/mol. The summed E-state index contributed by atoms with van der Waals surface area (Å²) in [5, 5.41) is 10.9. The SMILES string of the molecule is NCC1(O)CCCN(c2ccccc2Cl)C1. The van der Waals surface area contributed by atoms with Crippen molar-refractivity contribution < 1.29 is 5.11 Å². The molecule has 1 aromatic rings. The number of aliphatic hydroxyl groups is 1. The van der Waals surface area contributed by atoms with Crippen LogP contribution in [0.3, 0.4) is 0 Å². The molecule has 0 radical (unpaired) electrons. The average Bonchev–Trinajstić information content (AvgIpc) is 2.30. The van der Waals surface area contributed by atoms with E-state index in [-0.39, 0.29) is 0 Å². The molecule has 0 spiro atoms. The van der Waals surface area contributed by atoms with Gasteiger partial charge >= 0.3 is 0 Å². The second kappa shape index (κ2) is 4.62. The van der Waals surface area contributed by atoms with Gasteiger partial charge in [0.25, 0.3) is 0 Å². The van der Waals surface area contributed by atoms with Crippen molar-refractivity contribution >= 4 is 17.3 Å². The monoisotopic (exact) mass is 240 g/mol. The van der Waals surface area contributed by atoms with E-state index in [2.05, 4.69) is 4.90 Å². The van der Waals surface area contributed by atoms with Crippen molar-refractivity contribution in [2.75, 3.05) is 24.5 Å². The lowest BCUT2D eigenvalue weighted by molar-refractivity contribution is 0.0347. The van der Waals surface area contributed by atoms with E-state index in [0.29, 0.717) is 13.1 Å². The lowest BCUT2D eigenvalue weighted by Gasteiger charge is -2.40. The number of β-amino-alcohol motifs (C(OH)–C–C–N with tert-alkyl or cyclic N) is 1. The van der Waals surface area contributed by atoms with Gasteiger partial charge in [0.1, 0.15) is 0 Å². The van der Waals surface area contributed by atoms with Crippen LogP contribution in [0.1, 0.15) is 12.8 Å². The molecule has 4 heteroatoms. The summed E-state index contributed by atoms with van der Waals surface area (Å²) in [4.78, 5) is 2.11. The first kappa shape index (κ1) is 11.7. The van der Waals surface area contributed by atoms with Crippen LogP contribution in [0.25, 0.3) is 0 Å². The summed E-state index contributed by atoms with van der Waals surface area (Å²) in [6.45, 7) is 1.78. The van der Waals surface area contributed by atoms with Crippen LogP contribution in [0.2, 0.25) is 5.02 Å². The van der Waals surface area contributed by atoms with Gasteiger partial charge in [-0.15, -0.1) is 0 Å². The molecule has 3 nitrogen and oxygen atoms in total. The lowest BCUT2D eigenvalue weighted by Crippen LogP contribution is -2.52. The fraction of sp³-hybridized carbons (Fsp3) is 0.500. The number of para-hydroxylation sites is 1. The fourth-order valence-corrected chi connectivity index (χ4v) is 2.45. The minimum absolute atomic E-state index is 0.300. The molecule has 88 valence electrons. The molecule has 1 heterocycles. The van der Waals surface area contributed by atoms with E-state index in [9.17, 15) is 5.11 Å². The van der Waals surface area contributed by atoms with E-state index in [1.165, 1.54) is 0 Å². The van der Waals surface area contributed by atoms with Crippen LogP contribution >= 0.6 is 11.6 Å². The third-order valence-corrected chi connectivity index (χ3v) is 3.45. The number of piperidine rings is 1. The van der Waals surface area contributed by atoms with E-state index >= 15 is 0 Å². The van der Waals surface area contributed by atoms with Crippen molar-refractivity contribution in [3.63, 3.8) is 0 Å². The van der Waals surface area contributed by atoms with E-state index in [1.807, 2.05) is 24.3 Å². The summed E-state index contributed by atoms with van der Waals surface area (Å²) >= 11 is 6.14. The van der Waals surface area contributed by atoms with Crippen molar-refractivity contribution in [1.29, 1.82) is 0 Å². The third-order valence-electron chi connectivity index (χ3n) is 3.13. The van der Waals surface area contributed by atoms with Crippen LogP contribution in [-0.4, -0.2) is 30.3 Å². The second-order valence-electron chi connectivity index (χ2n) is 4.40. The number of hydrogen-bond donors (Lipinski definition) is 2. The van der Waals surface area contributed by atoms with Gasteiger partial charge < -0.3 is 15.7 Å². The van der Waals surface area contributed by atoms with Crippen molar-refractivity contribution in [3.05, 3.63) is 29.3 Å². The zero-order chi connectivity index (χ0) is 11.6. The topological polar surface area (TPSA) is 49.5 Å². The molecule has 1 aliphatic rings. The molecule has 0 aromatic heterocycles. The first-order valence-electron chi connectivity index (χ1n) is 5.56. The van der Waals surface area contributed by atoms with Gasteiger partial charge in [-0.25, -0.2) is 0 Å². The zero-order valence-corrected chi connectivity index (χ0v) is 9.95. The Hall–Kier alpha value is -0.770. The maximum absolute atomic E-state index is 10.2. The number of nitrogens with zero attached hydrogens (tertiary/aromatic N) is 1. The molecular formula is C12H17ClN2O. The predicted octanol–water partition coefficient (Wildman–Crippen LogP) is 1.63. The highest BCUT2D eigenvalue weighted by Crippen LogP contribution is 2.30. The van der Waals surface area contributed by atoms with E-state index < -0.39 is 5.60 Å². The van der Waals surface area contributed by atoms with Crippen LogP contribution in [0.15, 0.2) is 24.3 Å². The smallest absolute Gasteiger partial charge is 0.0943 e. The van der Waals surface area contributed by atoms with Crippen molar-refractivity contribution in [2.24, 2.45) is 5.73 Å². The van der Waals surface area contributed by atoms with Gasteiger partial charge in [-0.2, -0.15) is 0 Å². The normalized spacial score (nSPS) is 25.8.